The van der Waals surface area contributed by atoms with Crippen molar-refractivity contribution in [3.05, 3.63) is 39.0 Å². The van der Waals surface area contributed by atoms with Crippen molar-refractivity contribution in [2.45, 2.75) is 13.0 Å². The molecule has 18 heavy (non-hydrogen) atoms. The monoisotopic (exact) mass is 326 g/mol. The summed E-state index contributed by atoms with van der Waals surface area (Å²) < 4.78 is 0.723. The molecule has 5 nitrogen and oxygen atoms in total. The second-order valence-corrected chi connectivity index (χ2v) is 5.41. The van der Waals surface area contributed by atoms with E-state index in [0.717, 1.165) is 9.48 Å². The van der Waals surface area contributed by atoms with Gasteiger partial charge in [0.15, 0.2) is 0 Å². The molecule has 1 unspecified atom stereocenters. The number of halogens is 1. The molecule has 2 aromatic rings. The maximum atomic E-state index is 12.0. The molecule has 94 valence electrons. The zero-order chi connectivity index (χ0) is 13.1. The molecule has 1 amide bonds. The van der Waals surface area contributed by atoms with Gasteiger partial charge in [0, 0.05) is 17.8 Å². The van der Waals surface area contributed by atoms with Crippen molar-refractivity contribution in [2.75, 3.05) is 5.32 Å². The Labute approximate surface area is 117 Å². The van der Waals surface area contributed by atoms with Crippen LogP contribution in [0.15, 0.2) is 28.3 Å². The van der Waals surface area contributed by atoms with Crippen LogP contribution in [0.3, 0.4) is 0 Å². The van der Waals surface area contributed by atoms with E-state index in [1.54, 1.807) is 23.8 Å². The van der Waals surface area contributed by atoms with Crippen molar-refractivity contribution in [1.29, 1.82) is 0 Å². The van der Waals surface area contributed by atoms with Crippen LogP contribution < -0.4 is 11.1 Å². The van der Waals surface area contributed by atoms with Gasteiger partial charge in [-0.05, 0) is 28.9 Å². The van der Waals surface area contributed by atoms with Gasteiger partial charge in [0.2, 0.25) is 0 Å². The number of thiazole rings is 1. The van der Waals surface area contributed by atoms with Gasteiger partial charge in [-0.15, -0.1) is 11.3 Å². The Bertz CT molecular complexity index is 570. The number of hydrogen-bond donors (Lipinski definition) is 2. The number of rotatable bonds is 3. The Kier molecular flexibility index (Phi) is 4.05. The highest BCUT2D eigenvalue weighted by Crippen LogP contribution is 2.21. The quantitative estimate of drug-likeness (QED) is 0.908. The van der Waals surface area contributed by atoms with Crippen LogP contribution in [0.4, 0.5) is 5.69 Å². The van der Waals surface area contributed by atoms with Gasteiger partial charge in [0.05, 0.1) is 16.2 Å². The molecule has 0 aromatic carbocycles. The molecule has 0 saturated carbocycles. The van der Waals surface area contributed by atoms with E-state index in [-0.39, 0.29) is 11.9 Å². The number of nitrogens with one attached hydrogen (secondary N) is 1. The van der Waals surface area contributed by atoms with Gasteiger partial charge in [-0.3, -0.25) is 9.78 Å². The van der Waals surface area contributed by atoms with Gasteiger partial charge >= 0.3 is 0 Å². The third-order valence-corrected chi connectivity index (χ3v) is 3.84. The smallest absolute Gasteiger partial charge is 0.275 e. The third-order valence-electron chi connectivity index (χ3n) is 2.16. The predicted octanol–water partition coefficient (Wildman–Crippen LogP) is 2.57. The van der Waals surface area contributed by atoms with Crippen LogP contribution in [0.5, 0.6) is 0 Å². The molecule has 7 heteroatoms. The highest BCUT2D eigenvalue weighted by molar-refractivity contribution is 9.10. The van der Waals surface area contributed by atoms with Crippen LogP contribution >= 0.6 is 27.3 Å². The third kappa shape index (κ3) is 2.92. The first kappa shape index (κ1) is 13.1. The number of anilines is 1. The Morgan fingerprint density at radius 2 is 2.39 bits per heavy atom. The lowest BCUT2D eigenvalue weighted by Gasteiger charge is -2.04. The van der Waals surface area contributed by atoms with Gasteiger partial charge in [-0.1, -0.05) is 0 Å². The molecule has 2 aromatic heterocycles. The van der Waals surface area contributed by atoms with Gasteiger partial charge in [0.25, 0.3) is 5.91 Å². The Hall–Kier alpha value is -1.31. The number of hydrogen-bond acceptors (Lipinski definition) is 5. The van der Waals surface area contributed by atoms with Crippen LogP contribution in [0.25, 0.3) is 0 Å². The summed E-state index contributed by atoms with van der Waals surface area (Å²) in [6.07, 6.45) is 3.22. The lowest BCUT2D eigenvalue weighted by atomic mass is 10.3. The van der Waals surface area contributed by atoms with Crippen molar-refractivity contribution in [3.8, 4) is 0 Å². The molecule has 2 heterocycles. The van der Waals surface area contributed by atoms with Crippen LogP contribution in [-0.2, 0) is 0 Å². The molecule has 0 radical (unpaired) electrons. The molecular weight excluding hydrogens is 316 g/mol. The normalized spacial score (nSPS) is 12.2. The van der Waals surface area contributed by atoms with E-state index in [0.29, 0.717) is 11.4 Å². The minimum atomic E-state index is -0.259. The molecule has 0 aliphatic heterocycles. The zero-order valence-corrected chi connectivity index (χ0v) is 12.0. The minimum absolute atomic E-state index is 0.163. The van der Waals surface area contributed by atoms with E-state index in [4.69, 9.17) is 5.73 Å². The first-order chi connectivity index (χ1) is 8.58. The first-order valence-corrected chi connectivity index (χ1v) is 6.87. The molecule has 3 N–H and O–H groups in total. The van der Waals surface area contributed by atoms with Crippen molar-refractivity contribution in [2.24, 2.45) is 5.73 Å². The van der Waals surface area contributed by atoms with E-state index in [9.17, 15) is 4.79 Å². The molecule has 0 aliphatic rings. The number of amides is 1. The largest absolute Gasteiger partial charge is 0.322 e. The lowest BCUT2D eigenvalue weighted by Crippen LogP contribution is -2.13. The van der Waals surface area contributed by atoms with Gasteiger partial charge in [-0.2, -0.15) is 0 Å². The molecule has 2 rings (SSSR count). The molecule has 0 saturated heterocycles. The summed E-state index contributed by atoms with van der Waals surface area (Å²) >= 11 is 4.69. The van der Waals surface area contributed by atoms with E-state index in [1.165, 1.54) is 11.3 Å². The topological polar surface area (TPSA) is 80.9 Å². The molecule has 1 atom stereocenters. The number of pyridine rings is 1. The minimum Gasteiger partial charge on any atom is -0.322 e. The number of nitrogens with zero attached hydrogens (tertiary/aromatic N) is 2. The zero-order valence-electron chi connectivity index (χ0n) is 9.55. The van der Waals surface area contributed by atoms with Gasteiger partial charge < -0.3 is 11.1 Å². The molecular formula is C11H11BrN4OS. The summed E-state index contributed by atoms with van der Waals surface area (Å²) in [6, 6.07) is 1.55. The lowest BCUT2D eigenvalue weighted by molar-refractivity contribution is 0.102. The van der Waals surface area contributed by atoms with E-state index < -0.39 is 0 Å². The number of carbonyl (C=O) groups is 1. The Morgan fingerprint density at radius 1 is 1.61 bits per heavy atom. The van der Waals surface area contributed by atoms with Crippen molar-refractivity contribution in [1.82, 2.24) is 9.97 Å². The fraction of sp³-hybridized carbons (Fsp3) is 0.182. The summed E-state index contributed by atoms with van der Waals surface area (Å²) in [5.74, 6) is -0.259. The fourth-order valence-electron chi connectivity index (χ4n) is 1.26. The van der Waals surface area contributed by atoms with Crippen LogP contribution in [0.2, 0.25) is 0 Å². The SMILES string of the molecule is CC(N)c1nc(C(=O)Nc2ccncc2Br)cs1. The summed E-state index contributed by atoms with van der Waals surface area (Å²) in [7, 11) is 0. The molecule has 0 fully saturated rings. The number of aromatic nitrogens is 2. The van der Waals surface area contributed by atoms with E-state index in [1.807, 2.05) is 6.92 Å². The Morgan fingerprint density at radius 3 is 3.00 bits per heavy atom. The molecule has 0 aliphatic carbocycles. The van der Waals surface area contributed by atoms with Gasteiger partial charge in [0.1, 0.15) is 10.7 Å². The number of nitrogens with two attached hydrogens (primary N) is 1. The van der Waals surface area contributed by atoms with Crippen molar-refractivity contribution in [3.63, 3.8) is 0 Å². The van der Waals surface area contributed by atoms with E-state index >= 15 is 0 Å². The average molecular weight is 327 g/mol. The standard InChI is InChI=1S/C11H11BrN4OS/c1-6(13)11-16-9(5-18-11)10(17)15-8-2-3-14-4-7(8)12/h2-6H,13H2,1H3,(H,14,15,17). The predicted molar refractivity (Wildman–Crippen MR) is 74.6 cm³/mol. The maximum absolute atomic E-state index is 12.0. The van der Waals surface area contributed by atoms with Crippen molar-refractivity contribution >= 4 is 38.9 Å². The summed E-state index contributed by atoms with van der Waals surface area (Å²) in [5, 5.41) is 5.20. The van der Waals surface area contributed by atoms with Crippen molar-refractivity contribution < 1.29 is 4.79 Å². The number of carbonyl (C=O) groups excluding carboxylic acids is 1. The summed E-state index contributed by atoms with van der Waals surface area (Å²) in [6.45, 7) is 1.83. The van der Waals surface area contributed by atoms with Crippen LogP contribution in [-0.4, -0.2) is 15.9 Å². The molecule has 0 bridgehead atoms. The highest BCUT2D eigenvalue weighted by atomic mass is 79.9. The summed E-state index contributed by atoms with van der Waals surface area (Å²) in [4.78, 5) is 20.1. The average Bonchev–Trinajstić information content (AvgIpc) is 2.81. The second kappa shape index (κ2) is 5.55. The summed E-state index contributed by atoms with van der Waals surface area (Å²) in [5.41, 5.74) is 6.73. The molecule has 0 spiro atoms. The van der Waals surface area contributed by atoms with Crippen LogP contribution in [0, 0.1) is 0 Å². The van der Waals surface area contributed by atoms with E-state index in [2.05, 4.69) is 31.2 Å². The Balaban J connectivity index is 2.15. The second-order valence-electron chi connectivity index (χ2n) is 3.67. The maximum Gasteiger partial charge on any atom is 0.275 e. The van der Waals surface area contributed by atoms with Gasteiger partial charge in [-0.25, -0.2) is 4.98 Å². The first-order valence-electron chi connectivity index (χ1n) is 5.20. The highest BCUT2D eigenvalue weighted by Gasteiger charge is 2.13. The van der Waals surface area contributed by atoms with Crippen LogP contribution in [0.1, 0.15) is 28.5 Å². The fourth-order valence-corrected chi connectivity index (χ4v) is 2.37.